The lowest BCUT2D eigenvalue weighted by molar-refractivity contribution is -0.787. The van der Waals surface area contributed by atoms with Crippen molar-refractivity contribution in [2.75, 3.05) is 27.7 Å². The maximum absolute atomic E-state index is 3.28. The first-order valence-corrected chi connectivity index (χ1v) is 3.04. The van der Waals surface area contributed by atoms with Crippen LogP contribution in [0.4, 0.5) is 0 Å². The van der Waals surface area contributed by atoms with Gasteiger partial charge in [-0.05, 0) is 7.05 Å². The molecule has 0 aromatic heterocycles. The van der Waals surface area contributed by atoms with Crippen LogP contribution in [0.1, 0.15) is 6.92 Å². The van der Waals surface area contributed by atoms with E-state index in [-0.39, 0.29) is 0 Å². The van der Waals surface area contributed by atoms with Gasteiger partial charge in [0, 0.05) is 6.92 Å². The monoisotopic (exact) mass is 115 g/mol. The minimum atomic E-state index is 0.375. The summed E-state index contributed by atoms with van der Waals surface area (Å²) < 4.78 is 1.11. The van der Waals surface area contributed by atoms with E-state index in [1.807, 2.05) is 7.05 Å². The molecular formula is C6H15N2+. The van der Waals surface area contributed by atoms with Gasteiger partial charge in [0.2, 0.25) is 0 Å². The maximum Gasteiger partial charge on any atom is 0.199 e. The summed E-state index contributed by atoms with van der Waals surface area (Å²) in [5.41, 5.74) is 0.375. The van der Waals surface area contributed by atoms with E-state index < -0.39 is 0 Å². The summed E-state index contributed by atoms with van der Waals surface area (Å²) in [7, 11) is 6.49. The van der Waals surface area contributed by atoms with Crippen LogP contribution in [0.25, 0.3) is 0 Å². The Morgan fingerprint density at radius 3 is 1.88 bits per heavy atom. The van der Waals surface area contributed by atoms with Gasteiger partial charge in [0.1, 0.15) is 0 Å². The van der Waals surface area contributed by atoms with Crippen molar-refractivity contribution >= 4 is 0 Å². The number of hydrogen-bond acceptors (Lipinski definition) is 1. The highest BCUT2D eigenvalue weighted by Gasteiger charge is 2.59. The highest BCUT2D eigenvalue weighted by Crippen LogP contribution is 2.33. The Morgan fingerprint density at radius 1 is 1.50 bits per heavy atom. The molecule has 1 saturated heterocycles. The second kappa shape index (κ2) is 1.25. The molecule has 0 saturated carbocycles. The molecule has 2 heteroatoms. The van der Waals surface area contributed by atoms with Gasteiger partial charge in [0.15, 0.2) is 12.2 Å². The van der Waals surface area contributed by atoms with Crippen molar-refractivity contribution in [2.24, 2.45) is 0 Å². The van der Waals surface area contributed by atoms with Crippen LogP contribution in [0.2, 0.25) is 0 Å². The van der Waals surface area contributed by atoms with Crippen LogP contribution in [-0.2, 0) is 0 Å². The van der Waals surface area contributed by atoms with Gasteiger partial charge >= 0.3 is 0 Å². The third-order valence-electron chi connectivity index (χ3n) is 2.47. The Hall–Kier alpha value is -0.0800. The van der Waals surface area contributed by atoms with Crippen LogP contribution in [0.3, 0.4) is 0 Å². The van der Waals surface area contributed by atoms with E-state index in [1.165, 1.54) is 6.54 Å². The van der Waals surface area contributed by atoms with E-state index >= 15 is 0 Å². The van der Waals surface area contributed by atoms with Gasteiger partial charge in [0.05, 0.1) is 14.1 Å². The number of nitrogens with one attached hydrogen (secondary N) is 1. The van der Waals surface area contributed by atoms with Crippen LogP contribution in [0.15, 0.2) is 0 Å². The highest BCUT2D eigenvalue weighted by molar-refractivity contribution is 4.82. The van der Waals surface area contributed by atoms with Gasteiger partial charge in [-0.15, -0.1) is 0 Å². The lowest BCUT2D eigenvalue weighted by Crippen LogP contribution is -2.36. The summed E-state index contributed by atoms with van der Waals surface area (Å²) in [6, 6.07) is 0. The minimum absolute atomic E-state index is 0.375. The minimum Gasteiger partial charge on any atom is -0.300 e. The summed E-state index contributed by atoms with van der Waals surface area (Å²) in [5.74, 6) is 0. The molecule has 0 aromatic carbocycles. The van der Waals surface area contributed by atoms with E-state index in [0.717, 1.165) is 4.48 Å². The molecule has 1 heterocycles. The SMILES string of the molecule is CNC1(C)C[N+]1(C)C. The predicted octanol–water partition coefficient (Wildman–Crippen LogP) is 0.0120. The second-order valence-corrected chi connectivity index (χ2v) is 3.37. The van der Waals surface area contributed by atoms with E-state index in [1.54, 1.807) is 0 Å². The zero-order chi connectivity index (χ0) is 6.41. The number of likely N-dealkylation sites (N-methyl/N-ethyl adjacent to an activating group) is 2. The van der Waals surface area contributed by atoms with Crippen LogP contribution < -0.4 is 5.32 Å². The van der Waals surface area contributed by atoms with Gasteiger partial charge < -0.3 is 4.48 Å². The molecule has 2 nitrogen and oxygen atoms in total. The van der Waals surface area contributed by atoms with E-state index in [0.29, 0.717) is 5.66 Å². The molecule has 48 valence electrons. The number of nitrogens with zero attached hydrogens (tertiary/aromatic N) is 1. The lowest BCUT2D eigenvalue weighted by Gasteiger charge is -2.12. The van der Waals surface area contributed by atoms with Gasteiger partial charge in [-0.1, -0.05) is 0 Å². The molecule has 8 heavy (non-hydrogen) atoms. The van der Waals surface area contributed by atoms with E-state index in [9.17, 15) is 0 Å². The van der Waals surface area contributed by atoms with Crippen molar-refractivity contribution in [2.45, 2.75) is 12.6 Å². The molecule has 0 bridgehead atoms. The Labute approximate surface area is 51.1 Å². The normalized spacial score (nSPS) is 42.0. The summed E-state index contributed by atoms with van der Waals surface area (Å²) in [6.07, 6.45) is 0. The summed E-state index contributed by atoms with van der Waals surface area (Å²) in [4.78, 5) is 0. The standard InChI is InChI=1S/C6H15N2/c1-6(7-2)5-8(6,3)4/h7H,5H2,1-4H3/q+1. The first kappa shape index (κ1) is 6.05. The van der Waals surface area contributed by atoms with Crippen molar-refractivity contribution in [3.05, 3.63) is 0 Å². The molecule has 1 unspecified atom stereocenters. The summed E-state index contributed by atoms with van der Waals surface area (Å²) >= 11 is 0. The lowest BCUT2D eigenvalue weighted by atomic mass is 10.4. The molecule has 0 aliphatic carbocycles. The first-order valence-electron chi connectivity index (χ1n) is 3.04. The smallest absolute Gasteiger partial charge is 0.199 e. The average Bonchev–Trinajstić information content (AvgIpc) is 2.10. The molecule has 0 radical (unpaired) electrons. The topological polar surface area (TPSA) is 12.0 Å². The van der Waals surface area contributed by atoms with Gasteiger partial charge in [-0.2, -0.15) is 0 Å². The van der Waals surface area contributed by atoms with E-state index in [2.05, 4.69) is 26.3 Å². The first-order chi connectivity index (χ1) is 3.52. The summed E-state index contributed by atoms with van der Waals surface area (Å²) in [5, 5.41) is 3.28. The number of rotatable bonds is 1. The predicted molar refractivity (Wildman–Crippen MR) is 34.4 cm³/mol. The fourth-order valence-electron chi connectivity index (χ4n) is 1.12. The Morgan fingerprint density at radius 2 is 1.88 bits per heavy atom. The molecular weight excluding hydrogens is 100 g/mol. The zero-order valence-corrected chi connectivity index (χ0v) is 6.15. The van der Waals surface area contributed by atoms with Crippen molar-refractivity contribution in [1.29, 1.82) is 0 Å². The summed E-state index contributed by atoms with van der Waals surface area (Å²) in [6.45, 7) is 3.50. The molecule has 0 aromatic rings. The van der Waals surface area contributed by atoms with Gasteiger partial charge in [-0.3, -0.25) is 5.32 Å². The Kier molecular flexibility index (Phi) is 0.946. The third kappa shape index (κ3) is 0.565. The Bertz CT molecular complexity index is 109. The quantitative estimate of drug-likeness (QED) is 0.375. The van der Waals surface area contributed by atoms with Crippen molar-refractivity contribution < 1.29 is 4.48 Å². The molecule has 0 spiro atoms. The fraction of sp³-hybridized carbons (Fsp3) is 1.00. The van der Waals surface area contributed by atoms with Crippen LogP contribution in [-0.4, -0.2) is 37.8 Å². The van der Waals surface area contributed by atoms with Crippen LogP contribution >= 0.6 is 0 Å². The van der Waals surface area contributed by atoms with Gasteiger partial charge in [0.25, 0.3) is 0 Å². The fourth-order valence-corrected chi connectivity index (χ4v) is 1.12. The number of hydrogen-bond donors (Lipinski definition) is 1. The molecule has 1 rings (SSSR count). The average molecular weight is 115 g/mol. The van der Waals surface area contributed by atoms with Crippen molar-refractivity contribution in [3.8, 4) is 0 Å². The third-order valence-corrected chi connectivity index (χ3v) is 2.47. The molecule has 1 aliphatic heterocycles. The zero-order valence-electron chi connectivity index (χ0n) is 6.15. The van der Waals surface area contributed by atoms with Crippen molar-refractivity contribution in [1.82, 2.24) is 5.32 Å². The van der Waals surface area contributed by atoms with Crippen LogP contribution in [0, 0.1) is 0 Å². The highest BCUT2D eigenvalue weighted by atomic mass is 15.6. The largest absolute Gasteiger partial charge is 0.300 e. The molecule has 1 fully saturated rings. The second-order valence-electron chi connectivity index (χ2n) is 3.37. The van der Waals surface area contributed by atoms with Crippen LogP contribution in [0.5, 0.6) is 0 Å². The maximum atomic E-state index is 3.28. The molecule has 1 aliphatic rings. The van der Waals surface area contributed by atoms with E-state index in [4.69, 9.17) is 0 Å². The van der Waals surface area contributed by atoms with Crippen molar-refractivity contribution in [3.63, 3.8) is 0 Å². The number of quaternary nitrogens is 1. The molecule has 1 N–H and O–H groups in total. The molecule has 0 amide bonds. The molecule has 1 atom stereocenters. The van der Waals surface area contributed by atoms with Gasteiger partial charge in [-0.25, -0.2) is 0 Å². The Balaban J connectivity index is 2.55.